The monoisotopic (exact) mass is 272 g/mol. The highest BCUT2D eigenvalue weighted by Gasteiger charge is 2.30. The average Bonchev–Trinajstić information content (AvgIpc) is 2.11. The molecule has 0 fully saturated rings. The molecule has 0 aliphatic rings. The largest absolute Gasteiger partial charge is 0.522 e. The smallest absolute Gasteiger partial charge is 0.292 e. The SMILES string of the molecule is O=C(COC(F)(F)F)c1cc(Cl)cc(Cl)c1. The number of benzene rings is 1. The molecule has 1 aromatic carbocycles. The summed E-state index contributed by atoms with van der Waals surface area (Å²) in [4.78, 5) is 11.3. The van der Waals surface area contributed by atoms with Gasteiger partial charge in [0.05, 0.1) is 0 Å². The Morgan fingerprint density at radius 1 is 1.19 bits per heavy atom. The van der Waals surface area contributed by atoms with E-state index in [2.05, 4.69) is 4.74 Å². The van der Waals surface area contributed by atoms with Gasteiger partial charge in [0.2, 0.25) is 0 Å². The van der Waals surface area contributed by atoms with Gasteiger partial charge in [0.25, 0.3) is 0 Å². The minimum Gasteiger partial charge on any atom is -0.292 e. The molecule has 0 atom stereocenters. The van der Waals surface area contributed by atoms with Crippen LogP contribution >= 0.6 is 23.2 Å². The average molecular weight is 273 g/mol. The lowest BCUT2D eigenvalue weighted by Crippen LogP contribution is -2.19. The molecule has 0 aromatic heterocycles. The van der Waals surface area contributed by atoms with Gasteiger partial charge in [-0.3, -0.25) is 9.53 Å². The van der Waals surface area contributed by atoms with Crippen LogP contribution in [0, 0.1) is 0 Å². The fourth-order valence-corrected chi connectivity index (χ4v) is 1.47. The minimum atomic E-state index is -4.84. The molecule has 2 nitrogen and oxygen atoms in total. The van der Waals surface area contributed by atoms with E-state index in [4.69, 9.17) is 23.2 Å². The summed E-state index contributed by atoms with van der Waals surface area (Å²) in [7, 11) is 0. The van der Waals surface area contributed by atoms with E-state index in [0.29, 0.717) is 0 Å². The van der Waals surface area contributed by atoms with Crippen molar-refractivity contribution in [3.8, 4) is 0 Å². The molecule has 0 aliphatic heterocycles. The molecule has 0 heterocycles. The highest BCUT2D eigenvalue weighted by Crippen LogP contribution is 2.21. The topological polar surface area (TPSA) is 26.3 Å². The molecule has 1 aromatic rings. The molecular weight excluding hydrogens is 268 g/mol. The highest BCUT2D eigenvalue weighted by atomic mass is 35.5. The first-order valence-electron chi connectivity index (χ1n) is 3.98. The van der Waals surface area contributed by atoms with E-state index in [-0.39, 0.29) is 15.6 Å². The van der Waals surface area contributed by atoms with Crippen LogP contribution in [-0.2, 0) is 4.74 Å². The molecule has 0 amide bonds. The van der Waals surface area contributed by atoms with Crippen LogP contribution in [0.4, 0.5) is 13.2 Å². The molecule has 0 N–H and O–H groups in total. The van der Waals surface area contributed by atoms with Gasteiger partial charge in [0.15, 0.2) is 5.78 Å². The van der Waals surface area contributed by atoms with Gasteiger partial charge < -0.3 is 0 Å². The third kappa shape index (κ3) is 4.38. The van der Waals surface area contributed by atoms with Crippen molar-refractivity contribution in [2.45, 2.75) is 6.36 Å². The first-order chi connectivity index (χ1) is 7.28. The van der Waals surface area contributed by atoms with Crippen molar-refractivity contribution in [1.29, 1.82) is 0 Å². The van der Waals surface area contributed by atoms with E-state index in [9.17, 15) is 18.0 Å². The van der Waals surface area contributed by atoms with E-state index in [1.165, 1.54) is 18.2 Å². The Morgan fingerprint density at radius 2 is 1.69 bits per heavy atom. The zero-order valence-electron chi connectivity index (χ0n) is 7.65. The summed E-state index contributed by atoms with van der Waals surface area (Å²) in [6, 6.07) is 3.80. The van der Waals surface area contributed by atoms with Crippen LogP contribution in [0.3, 0.4) is 0 Å². The predicted octanol–water partition coefficient (Wildman–Crippen LogP) is 3.71. The van der Waals surface area contributed by atoms with Crippen molar-refractivity contribution < 1.29 is 22.7 Å². The molecule has 0 radical (unpaired) electrons. The van der Waals surface area contributed by atoms with Crippen molar-refractivity contribution in [2.24, 2.45) is 0 Å². The van der Waals surface area contributed by atoms with Crippen LogP contribution in [0.25, 0.3) is 0 Å². The molecule has 0 saturated heterocycles. The second-order valence-electron chi connectivity index (χ2n) is 2.82. The zero-order chi connectivity index (χ0) is 12.3. The number of carbonyl (C=O) groups is 1. The van der Waals surface area contributed by atoms with Crippen molar-refractivity contribution in [3.05, 3.63) is 33.8 Å². The Hall–Kier alpha value is -0.780. The Labute approximate surface area is 98.9 Å². The molecule has 0 saturated carbocycles. The molecule has 0 bridgehead atoms. The minimum absolute atomic E-state index is 0.0262. The van der Waals surface area contributed by atoms with Crippen LogP contribution < -0.4 is 0 Å². The normalized spacial score (nSPS) is 11.6. The maximum atomic E-state index is 11.7. The van der Waals surface area contributed by atoms with E-state index < -0.39 is 18.8 Å². The van der Waals surface area contributed by atoms with Crippen LogP contribution in [0.15, 0.2) is 18.2 Å². The van der Waals surface area contributed by atoms with Gasteiger partial charge in [-0.25, -0.2) is 0 Å². The van der Waals surface area contributed by atoms with Gasteiger partial charge in [-0.05, 0) is 18.2 Å². The van der Waals surface area contributed by atoms with Crippen LogP contribution in [-0.4, -0.2) is 18.8 Å². The number of ketones is 1. The quantitative estimate of drug-likeness (QED) is 0.784. The number of alkyl halides is 3. The molecule has 88 valence electrons. The van der Waals surface area contributed by atoms with E-state index >= 15 is 0 Å². The lowest BCUT2D eigenvalue weighted by atomic mass is 10.1. The number of carbonyl (C=O) groups excluding carboxylic acids is 1. The number of hydrogen-bond donors (Lipinski definition) is 0. The van der Waals surface area contributed by atoms with Gasteiger partial charge in [0.1, 0.15) is 6.61 Å². The zero-order valence-corrected chi connectivity index (χ0v) is 9.16. The van der Waals surface area contributed by atoms with Gasteiger partial charge in [-0.15, -0.1) is 13.2 Å². The summed E-state index contributed by atoms with van der Waals surface area (Å²) in [6.45, 7) is -1.10. The fourth-order valence-electron chi connectivity index (χ4n) is 0.946. The van der Waals surface area contributed by atoms with Crippen LogP contribution in [0.2, 0.25) is 10.0 Å². The molecule has 16 heavy (non-hydrogen) atoms. The van der Waals surface area contributed by atoms with Crippen molar-refractivity contribution in [1.82, 2.24) is 0 Å². The summed E-state index contributed by atoms with van der Waals surface area (Å²) in [5, 5.41) is 0.339. The van der Waals surface area contributed by atoms with Gasteiger partial charge in [-0.2, -0.15) is 0 Å². The summed E-state index contributed by atoms with van der Waals surface area (Å²) in [5.41, 5.74) is -0.0262. The van der Waals surface area contributed by atoms with Crippen LogP contribution in [0.5, 0.6) is 0 Å². The third-order valence-electron chi connectivity index (χ3n) is 1.55. The maximum Gasteiger partial charge on any atom is 0.522 e. The first-order valence-corrected chi connectivity index (χ1v) is 4.73. The molecule has 7 heteroatoms. The molecule has 1 rings (SSSR count). The Morgan fingerprint density at radius 3 is 2.12 bits per heavy atom. The van der Waals surface area contributed by atoms with E-state index in [1.54, 1.807) is 0 Å². The number of rotatable bonds is 3. The second kappa shape index (κ2) is 5.03. The second-order valence-corrected chi connectivity index (χ2v) is 3.69. The lowest BCUT2D eigenvalue weighted by Gasteiger charge is -2.06. The molecule has 0 aliphatic carbocycles. The van der Waals surface area contributed by atoms with Gasteiger partial charge >= 0.3 is 6.36 Å². The molecule has 0 spiro atoms. The van der Waals surface area contributed by atoms with Crippen LogP contribution in [0.1, 0.15) is 10.4 Å². The lowest BCUT2D eigenvalue weighted by molar-refractivity contribution is -0.318. The summed E-state index contributed by atoms with van der Waals surface area (Å²) in [6.07, 6.45) is -4.84. The van der Waals surface area contributed by atoms with E-state index in [0.717, 1.165) is 0 Å². The standard InChI is InChI=1S/C9H5Cl2F3O2/c10-6-1-5(2-7(11)3-6)8(15)4-16-9(12,13)14/h1-3H,4H2. The van der Waals surface area contributed by atoms with Gasteiger partial charge in [0, 0.05) is 15.6 Å². The van der Waals surface area contributed by atoms with E-state index in [1.807, 2.05) is 0 Å². The maximum absolute atomic E-state index is 11.7. The van der Waals surface area contributed by atoms with Gasteiger partial charge in [-0.1, -0.05) is 23.2 Å². The molecule has 0 unspecified atom stereocenters. The summed E-state index contributed by atoms with van der Waals surface area (Å²) in [5.74, 6) is -0.846. The Kier molecular flexibility index (Phi) is 4.18. The number of hydrogen-bond acceptors (Lipinski definition) is 2. The number of Topliss-reactive ketones (excluding diaryl/α,β-unsaturated/α-hetero) is 1. The Bertz CT molecular complexity index is 384. The number of halogens is 5. The fraction of sp³-hybridized carbons (Fsp3) is 0.222. The first kappa shape index (κ1) is 13.3. The predicted molar refractivity (Wildman–Crippen MR) is 52.8 cm³/mol. The summed E-state index contributed by atoms with van der Waals surface area (Å²) < 4.78 is 38.4. The molecular formula is C9H5Cl2F3O2. The number of ether oxygens (including phenoxy) is 1. The van der Waals surface area contributed by atoms with Crippen molar-refractivity contribution in [3.63, 3.8) is 0 Å². The van der Waals surface area contributed by atoms with Crippen molar-refractivity contribution in [2.75, 3.05) is 6.61 Å². The highest BCUT2D eigenvalue weighted by molar-refractivity contribution is 6.35. The van der Waals surface area contributed by atoms with Crippen molar-refractivity contribution >= 4 is 29.0 Å². The third-order valence-corrected chi connectivity index (χ3v) is 1.99. The summed E-state index contributed by atoms with van der Waals surface area (Å²) >= 11 is 11.2. The Balaban J connectivity index is 2.73.